The van der Waals surface area contributed by atoms with Gasteiger partial charge in [-0.15, -0.1) is 0 Å². The molecule has 0 amide bonds. The molecule has 0 spiro atoms. The predicted octanol–water partition coefficient (Wildman–Crippen LogP) is 1.38. The molecule has 2 atom stereocenters. The fraction of sp³-hybridized carbons (Fsp3) is 0.500. The molecule has 1 saturated heterocycles. The quantitative estimate of drug-likeness (QED) is 0.619. The van der Waals surface area contributed by atoms with Gasteiger partial charge in [0.05, 0.1) is 6.61 Å². The summed E-state index contributed by atoms with van der Waals surface area (Å²) < 4.78 is 31.8. The number of nitrogens with two attached hydrogens (primary N) is 1. The van der Waals surface area contributed by atoms with Crippen molar-refractivity contribution in [3.8, 4) is 0 Å². The Morgan fingerprint density at radius 2 is 2.29 bits per heavy atom. The van der Waals surface area contributed by atoms with E-state index in [1.807, 2.05) is 0 Å². The van der Waals surface area contributed by atoms with E-state index < -0.39 is 11.6 Å². The van der Waals surface area contributed by atoms with Crippen LogP contribution in [-0.4, -0.2) is 19.3 Å². The maximum Gasteiger partial charge on any atom is 0.162 e. The Kier molecular flexibility index (Phi) is 4.04. The van der Waals surface area contributed by atoms with Gasteiger partial charge in [-0.05, 0) is 24.5 Å². The molecule has 1 aliphatic heterocycles. The van der Waals surface area contributed by atoms with Crippen LogP contribution < -0.4 is 11.3 Å². The Labute approximate surface area is 98.9 Å². The van der Waals surface area contributed by atoms with Crippen LogP contribution in [0.2, 0.25) is 0 Å². The number of rotatable bonds is 4. The summed E-state index contributed by atoms with van der Waals surface area (Å²) in [7, 11) is 0. The first-order chi connectivity index (χ1) is 8.22. The first-order valence-electron chi connectivity index (χ1n) is 5.69. The molecule has 0 saturated carbocycles. The van der Waals surface area contributed by atoms with Crippen LogP contribution in [0.1, 0.15) is 12.0 Å². The van der Waals surface area contributed by atoms with Crippen molar-refractivity contribution in [2.75, 3.05) is 13.2 Å². The number of ether oxygens (including phenoxy) is 1. The zero-order valence-corrected chi connectivity index (χ0v) is 9.46. The predicted molar refractivity (Wildman–Crippen MR) is 60.1 cm³/mol. The second kappa shape index (κ2) is 5.53. The lowest BCUT2D eigenvalue weighted by Crippen LogP contribution is -2.43. The number of hydrogen-bond donors (Lipinski definition) is 2. The molecule has 3 N–H and O–H groups in total. The highest BCUT2D eigenvalue weighted by Gasteiger charge is 2.26. The molecule has 2 unspecified atom stereocenters. The van der Waals surface area contributed by atoms with E-state index in [0.717, 1.165) is 12.5 Å². The zero-order valence-electron chi connectivity index (χ0n) is 9.46. The fourth-order valence-electron chi connectivity index (χ4n) is 2.17. The molecule has 3 nitrogen and oxygen atoms in total. The summed E-state index contributed by atoms with van der Waals surface area (Å²) in [5.74, 6) is 4.12. The van der Waals surface area contributed by atoms with E-state index in [4.69, 9.17) is 10.6 Å². The second-order valence-electron chi connectivity index (χ2n) is 4.31. The summed E-state index contributed by atoms with van der Waals surface area (Å²) in [5, 5.41) is 0. The van der Waals surface area contributed by atoms with E-state index in [1.165, 1.54) is 6.07 Å². The lowest BCUT2D eigenvalue weighted by atomic mass is 9.93. The van der Waals surface area contributed by atoms with E-state index in [2.05, 4.69) is 5.43 Å². The largest absolute Gasteiger partial charge is 0.381 e. The van der Waals surface area contributed by atoms with Crippen LogP contribution in [-0.2, 0) is 11.2 Å². The smallest absolute Gasteiger partial charge is 0.162 e. The molecule has 94 valence electrons. The molecule has 1 heterocycles. The van der Waals surface area contributed by atoms with Crippen LogP contribution >= 0.6 is 0 Å². The zero-order chi connectivity index (χ0) is 12.3. The SMILES string of the molecule is NNC(Cc1cccc(F)c1F)C1CCOC1. The summed E-state index contributed by atoms with van der Waals surface area (Å²) in [4.78, 5) is 0. The van der Waals surface area contributed by atoms with E-state index in [1.54, 1.807) is 6.07 Å². The van der Waals surface area contributed by atoms with Gasteiger partial charge in [0.15, 0.2) is 11.6 Å². The highest BCUT2D eigenvalue weighted by Crippen LogP contribution is 2.21. The highest BCUT2D eigenvalue weighted by atomic mass is 19.2. The van der Waals surface area contributed by atoms with E-state index in [0.29, 0.717) is 25.2 Å². The molecule has 2 rings (SSSR count). The highest BCUT2D eigenvalue weighted by molar-refractivity contribution is 5.20. The summed E-state index contributed by atoms with van der Waals surface area (Å²) >= 11 is 0. The molecule has 17 heavy (non-hydrogen) atoms. The van der Waals surface area contributed by atoms with Gasteiger partial charge in [0.2, 0.25) is 0 Å². The molecule has 0 radical (unpaired) electrons. The molecule has 1 aliphatic rings. The topological polar surface area (TPSA) is 47.3 Å². The third-order valence-electron chi connectivity index (χ3n) is 3.22. The van der Waals surface area contributed by atoms with Gasteiger partial charge in [-0.1, -0.05) is 12.1 Å². The van der Waals surface area contributed by atoms with Gasteiger partial charge >= 0.3 is 0 Å². The average molecular weight is 242 g/mol. The first kappa shape index (κ1) is 12.4. The molecular weight excluding hydrogens is 226 g/mol. The third-order valence-corrected chi connectivity index (χ3v) is 3.22. The van der Waals surface area contributed by atoms with Gasteiger partial charge in [0.25, 0.3) is 0 Å². The standard InChI is InChI=1S/C12H16F2N2O/c13-10-3-1-2-8(12(10)14)6-11(16-15)9-4-5-17-7-9/h1-3,9,11,16H,4-7,15H2. The van der Waals surface area contributed by atoms with E-state index in [-0.39, 0.29) is 12.0 Å². The Morgan fingerprint density at radius 1 is 1.47 bits per heavy atom. The molecule has 5 heteroatoms. The third kappa shape index (κ3) is 2.80. The van der Waals surface area contributed by atoms with Crippen LogP contribution in [0.4, 0.5) is 8.78 Å². The van der Waals surface area contributed by atoms with Crippen LogP contribution in [0.5, 0.6) is 0 Å². The molecule has 1 fully saturated rings. The van der Waals surface area contributed by atoms with Crippen LogP contribution in [0.15, 0.2) is 18.2 Å². The van der Waals surface area contributed by atoms with Crippen molar-refractivity contribution in [1.29, 1.82) is 0 Å². The van der Waals surface area contributed by atoms with Gasteiger partial charge in [-0.2, -0.15) is 0 Å². The van der Waals surface area contributed by atoms with Crippen molar-refractivity contribution in [1.82, 2.24) is 5.43 Å². The fourth-order valence-corrected chi connectivity index (χ4v) is 2.17. The minimum atomic E-state index is -0.819. The average Bonchev–Trinajstić information content (AvgIpc) is 2.85. The Morgan fingerprint density at radius 3 is 2.94 bits per heavy atom. The summed E-state index contributed by atoms with van der Waals surface area (Å²) in [6.45, 7) is 1.32. The molecule has 0 aromatic heterocycles. The van der Waals surface area contributed by atoms with Gasteiger partial charge in [0, 0.05) is 18.6 Å². The lowest BCUT2D eigenvalue weighted by Gasteiger charge is -2.21. The molecular formula is C12H16F2N2O. The number of nitrogens with one attached hydrogen (secondary N) is 1. The van der Waals surface area contributed by atoms with Crippen molar-refractivity contribution in [2.45, 2.75) is 18.9 Å². The normalized spacial score (nSPS) is 21.7. The van der Waals surface area contributed by atoms with E-state index >= 15 is 0 Å². The van der Waals surface area contributed by atoms with Crippen molar-refractivity contribution < 1.29 is 13.5 Å². The monoisotopic (exact) mass is 242 g/mol. The Bertz CT molecular complexity index is 381. The molecule has 0 bridgehead atoms. The number of benzene rings is 1. The van der Waals surface area contributed by atoms with Gasteiger partial charge in [-0.25, -0.2) is 8.78 Å². The summed E-state index contributed by atoms with van der Waals surface area (Å²) in [6, 6.07) is 4.11. The molecule has 0 aliphatic carbocycles. The summed E-state index contributed by atoms with van der Waals surface area (Å²) in [5.41, 5.74) is 3.02. The maximum atomic E-state index is 13.5. The van der Waals surface area contributed by atoms with Crippen LogP contribution in [0.3, 0.4) is 0 Å². The molecule has 1 aromatic rings. The Balaban J connectivity index is 2.09. The minimum absolute atomic E-state index is 0.0891. The number of halogens is 2. The maximum absolute atomic E-state index is 13.5. The van der Waals surface area contributed by atoms with Crippen molar-refractivity contribution in [3.63, 3.8) is 0 Å². The molecule has 1 aromatic carbocycles. The van der Waals surface area contributed by atoms with Gasteiger partial charge in [-0.3, -0.25) is 11.3 Å². The van der Waals surface area contributed by atoms with E-state index in [9.17, 15) is 8.78 Å². The van der Waals surface area contributed by atoms with Gasteiger partial charge in [0.1, 0.15) is 0 Å². The van der Waals surface area contributed by atoms with Crippen LogP contribution in [0, 0.1) is 17.6 Å². The number of hydrazine groups is 1. The van der Waals surface area contributed by atoms with Crippen LogP contribution in [0.25, 0.3) is 0 Å². The van der Waals surface area contributed by atoms with Gasteiger partial charge < -0.3 is 4.74 Å². The van der Waals surface area contributed by atoms with Crippen molar-refractivity contribution >= 4 is 0 Å². The van der Waals surface area contributed by atoms with Crippen molar-refractivity contribution in [2.24, 2.45) is 11.8 Å². The lowest BCUT2D eigenvalue weighted by molar-refractivity contribution is 0.176. The summed E-state index contributed by atoms with van der Waals surface area (Å²) in [6.07, 6.45) is 1.26. The first-order valence-corrected chi connectivity index (χ1v) is 5.69. The second-order valence-corrected chi connectivity index (χ2v) is 4.31. The Hall–Kier alpha value is -1.04. The van der Waals surface area contributed by atoms with Crippen molar-refractivity contribution in [3.05, 3.63) is 35.4 Å². The minimum Gasteiger partial charge on any atom is -0.381 e. The number of hydrogen-bond acceptors (Lipinski definition) is 3.